The molecule has 2 rings (SSSR count). The zero-order valence-corrected chi connectivity index (χ0v) is 12.5. The van der Waals surface area contributed by atoms with Crippen LogP contribution in [-0.2, 0) is 0 Å². The molecule has 0 aliphatic heterocycles. The van der Waals surface area contributed by atoms with E-state index in [-0.39, 0.29) is 0 Å². The quantitative estimate of drug-likeness (QED) is 0.422. The Kier molecular flexibility index (Phi) is 4.83. The summed E-state index contributed by atoms with van der Waals surface area (Å²) in [7, 11) is 0. The third kappa shape index (κ3) is 3.54. The van der Waals surface area contributed by atoms with E-state index in [9.17, 15) is 0 Å². The van der Waals surface area contributed by atoms with Gasteiger partial charge in [0.2, 0.25) is 0 Å². The highest BCUT2D eigenvalue weighted by molar-refractivity contribution is 5.55. The average molecular weight is 279 g/mol. The van der Waals surface area contributed by atoms with Crippen LogP contribution < -0.4 is 17.0 Å². The van der Waals surface area contributed by atoms with E-state index in [0.717, 1.165) is 28.8 Å². The average Bonchev–Trinajstić information content (AvgIpc) is 2.81. The van der Waals surface area contributed by atoms with E-state index in [1.54, 1.807) is 0 Å². The van der Waals surface area contributed by atoms with E-state index in [2.05, 4.69) is 30.2 Å². The Balaban J connectivity index is 2.46. The summed E-state index contributed by atoms with van der Waals surface area (Å²) in [5.41, 5.74) is 17.8. The number of allylic oxidation sites excluding steroid dienone is 9. The first-order valence-corrected chi connectivity index (χ1v) is 6.95. The van der Waals surface area contributed by atoms with Gasteiger partial charge in [0.05, 0.1) is 11.4 Å². The molecule has 0 unspecified atom stereocenters. The van der Waals surface area contributed by atoms with Crippen LogP contribution in [0.4, 0.5) is 0 Å². The van der Waals surface area contributed by atoms with Gasteiger partial charge in [-0.25, -0.2) is 0 Å². The highest BCUT2D eigenvalue weighted by Crippen LogP contribution is 2.24. The highest BCUT2D eigenvalue weighted by Gasteiger charge is 2.13. The lowest BCUT2D eigenvalue weighted by Gasteiger charge is -2.15. The van der Waals surface area contributed by atoms with Gasteiger partial charge in [0.25, 0.3) is 0 Å². The van der Waals surface area contributed by atoms with E-state index in [1.807, 2.05) is 43.4 Å². The highest BCUT2D eigenvalue weighted by atomic mass is 15.2. The Morgan fingerprint density at radius 2 is 2.00 bits per heavy atom. The molecule has 0 aromatic carbocycles. The van der Waals surface area contributed by atoms with Gasteiger partial charge in [-0.1, -0.05) is 48.1 Å². The second-order valence-corrected chi connectivity index (χ2v) is 5.07. The molecule has 3 nitrogen and oxygen atoms in total. The molecule has 0 radical (unpaired) electrons. The fraction of sp³-hybridized carbons (Fsp3) is 0.167. The molecule has 0 saturated carbocycles. The number of hydrazine groups is 1. The van der Waals surface area contributed by atoms with Crippen LogP contribution in [0.5, 0.6) is 0 Å². The van der Waals surface area contributed by atoms with Gasteiger partial charge >= 0.3 is 0 Å². The predicted molar refractivity (Wildman–Crippen MR) is 88.6 cm³/mol. The van der Waals surface area contributed by atoms with Crippen molar-refractivity contribution in [2.24, 2.45) is 11.6 Å². The van der Waals surface area contributed by atoms with Crippen molar-refractivity contribution in [3.8, 4) is 0 Å². The molecule has 0 aromatic rings. The van der Waals surface area contributed by atoms with Crippen molar-refractivity contribution in [2.45, 2.75) is 20.3 Å². The molecule has 2 aliphatic carbocycles. The number of rotatable bonds is 3. The van der Waals surface area contributed by atoms with Crippen molar-refractivity contribution in [1.82, 2.24) is 5.43 Å². The van der Waals surface area contributed by atoms with Crippen LogP contribution in [0.3, 0.4) is 0 Å². The largest absolute Gasteiger partial charge is 0.397 e. The van der Waals surface area contributed by atoms with Gasteiger partial charge in [-0.2, -0.15) is 0 Å². The van der Waals surface area contributed by atoms with Crippen LogP contribution >= 0.6 is 0 Å². The monoisotopic (exact) mass is 279 g/mol. The molecule has 0 fully saturated rings. The maximum Gasteiger partial charge on any atom is 0.0804 e. The minimum Gasteiger partial charge on any atom is -0.397 e. The summed E-state index contributed by atoms with van der Waals surface area (Å²) >= 11 is 0. The zero-order valence-electron chi connectivity index (χ0n) is 12.5. The maximum absolute atomic E-state index is 6.34. The lowest BCUT2D eigenvalue weighted by Crippen LogP contribution is -2.27. The molecule has 0 aromatic heterocycles. The van der Waals surface area contributed by atoms with E-state index in [1.165, 1.54) is 5.57 Å². The van der Waals surface area contributed by atoms with Crippen molar-refractivity contribution in [1.29, 1.82) is 0 Å². The molecule has 0 saturated heterocycles. The lowest BCUT2D eigenvalue weighted by molar-refractivity contribution is 0.878. The summed E-state index contributed by atoms with van der Waals surface area (Å²) in [5, 5.41) is 0. The van der Waals surface area contributed by atoms with E-state index >= 15 is 0 Å². The Morgan fingerprint density at radius 3 is 2.76 bits per heavy atom. The summed E-state index contributed by atoms with van der Waals surface area (Å²) in [6.07, 6.45) is 16.8. The molecule has 2 aliphatic rings. The molecule has 0 spiro atoms. The first-order chi connectivity index (χ1) is 10.1. The molecule has 0 bridgehead atoms. The molecule has 21 heavy (non-hydrogen) atoms. The van der Waals surface area contributed by atoms with E-state index in [4.69, 9.17) is 11.6 Å². The van der Waals surface area contributed by atoms with E-state index in [0.29, 0.717) is 5.70 Å². The first-order valence-electron chi connectivity index (χ1n) is 6.95. The lowest BCUT2D eigenvalue weighted by atomic mass is 10.00. The summed E-state index contributed by atoms with van der Waals surface area (Å²) in [6, 6.07) is 0. The third-order valence-electron chi connectivity index (χ3n) is 3.47. The topological polar surface area (TPSA) is 64.1 Å². The number of hydrogen-bond donors (Lipinski definition) is 3. The number of nitrogens with one attached hydrogen (secondary N) is 1. The van der Waals surface area contributed by atoms with Gasteiger partial charge in [0, 0.05) is 11.1 Å². The second-order valence-electron chi connectivity index (χ2n) is 5.07. The van der Waals surface area contributed by atoms with Crippen LogP contribution in [0.15, 0.2) is 88.0 Å². The van der Waals surface area contributed by atoms with Crippen LogP contribution in [0.1, 0.15) is 20.3 Å². The minimum absolute atomic E-state index is 0.638. The molecule has 0 atom stereocenters. The Morgan fingerprint density at radius 1 is 1.19 bits per heavy atom. The summed E-state index contributed by atoms with van der Waals surface area (Å²) in [6.45, 7) is 4.09. The van der Waals surface area contributed by atoms with Gasteiger partial charge in [-0.05, 0) is 31.9 Å². The fourth-order valence-electron chi connectivity index (χ4n) is 2.22. The second kappa shape index (κ2) is 6.80. The smallest absolute Gasteiger partial charge is 0.0804 e. The van der Waals surface area contributed by atoms with Crippen LogP contribution in [0.2, 0.25) is 0 Å². The molecule has 5 N–H and O–H groups in total. The van der Waals surface area contributed by atoms with Crippen molar-refractivity contribution in [3.05, 3.63) is 88.0 Å². The SMILES string of the molecule is CC1=C=CC=CC=C1/C(NN)=C(/N)C1=CCC(C)=CC=C1. The van der Waals surface area contributed by atoms with Crippen LogP contribution in [-0.4, -0.2) is 0 Å². The third-order valence-corrected chi connectivity index (χ3v) is 3.47. The van der Waals surface area contributed by atoms with Gasteiger partial charge in [0.1, 0.15) is 0 Å². The maximum atomic E-state index is 6.34. The van der Waals surface area contributed by atoms with Crippen LogP contribution in [0, 0.1) is 0 Å². The van der Waals surface area contributed by atoms with Crippen molar-refractivity contribution in [3.63, 3.8) is 0 Å². The summed E-state index contributed by atoms with van der Waals surface area (Å²) in [4.78, 5) is 0. The molecule has 0 heterocycles. The van der Waals surface area contributed by atoms with Gasteiger partial charge < -0.3 is 11.2 Å². The minimum atomic E-state index is 0.638. The Bertz CT molecular complexity index is 673. The standard InChI is InChI=1S/C18H21N3/c1-13-7-6-9-15(12-11-13)17(19)18(21-20)16-10-5-3-4-8-14(16)2/h3-7,9-10,12,21H,11,19-20H2,1-2H3/b18-17-. The molecule has 3 heteroatoms. The normalized spacial score (nSPS) is 18.8. The van der Waals surface area contributed by atoms with Crippen molar-refractivity contribution < 1.29 is 0 Å². The van der Waals surface area contributed by atoms with Gasteiger partial charge in [-0.3, -0.25) is 5.84 Å². The molecule has 0 amide bonds. The van der Waals surface area contributed by atoms with E-state index < -0.39 is 0 Å². The van der Waals surface area contributed by atoms with Crippen LogP contribution in [0.25, 0.3) is 0 Å². The zero-order chi connectivity index (χ0) is 15.2. The first kappa shape index (κ1) is 14.9. The Labute approximate surface area is 126 Å². The molecular formula is C18H21N3. The van der Waals surface area contributed by atoms with Gasteiger partial charge in [-0.15, -0.1) is 5.73 Å². The van der Waals surface area contributed by atoms with Crippen molar-refractivity contribution in [2.75, 3.05) is 0 Å². The van der Waals surface area contributed by atoms with Gasteiger partial charge in [0.15, 0.2) is 0 Å². The summed E-state index contributed by atoms with van der Waals surface area (Å²) < 4.78 is 0. The fourth-order valence-corrected chi connectivity index (χ4v) is 2.22. The molecular weight excluding hydrogens is 258 g/mol. The number of hydrogen-bond acceptors (Lipinski definition) is 3. The summed E-state index contributed by atoms with van der Waals surface area (Å²) in [5.74, 6) is 5.72. The molecule has 108 valence electrons. The predicted octanol–water partition coefficient (Wildman–Crippen LogP) is 3.05. The number of nitrogens with two attached hydrogens (primary N) is 2. The van der Waals surface area contributed by atoms with Crippen molar-refractivity contribution >= 4 is 0 Å². The Hall–Kier alpha value is -2.48.